The highest BCUT2D eigenvalue weighted by Gasteiger charge is 2.24. The van der Waals surface area contributed by atoms with Crippen LogP contribution >= 0.6 is 11.6 Å². The lowest BCUT2D eigenvalue weighted by Gasteiger charge is -2.35. The third-order valence-electron chi connectivity index (χ3n) is 4.65. The molecule has 144 valence electrons. The molecule has 4 rings (SSSR count). The van der Waals surface area contributed by atoms with Crippen LogP contribution in [0.3, 0.4) is 0 Å². The van der Waals surface area contributed by atoms with E-state index in [0.29, 0.717) is 37.6 Å². The molecule has 0 N–H and O–H groups in total. The number of amides is 1. The van der Waals surface area contributed by atoms with Gasteiger partial charge in [0.25, 0.3) is 5.91 Å². The fourth-order valence-corrected chi connectivity index (χ4v) is 3.40. The second kappa shape index (κ2) is 7.55. The van der Waals surface area contributed by atoms with Crippen LogP contribution in [0, 0.1) is 12.7 Å². The number of anilines is 1. The number of carbonyl (C=O) groups excluding carboxylic acids is 1. The summed E-state index contributed by atoms with van der Waals surface area (Å²) < 4.78 is 14.9. The molecule has 0 bridgehead atoms. The Hall–Kier alpha value is -3.00. The van der Waals surface area contributed by atoms with E-state index in [0.717, 1.165) is 17.6 Å². The number of nitrogens with zero attached hydrogens (tertiary/aromatic N) is 6. The van der Waals surface area contributed by atoms with E-state index in [1.165, 1.54) is 18.5 Å². The molecular formula is C19H18ClFN6O. The smallest absolute Gasteiger partial charge is 0.255 e. The fourth-order valence-electron chi connectivity index (χ4n) is 3.15. The molecule has 1 fully saturated rings. The summed E-state index contributed by atoms with van der Waals surface area (Å²) >= 11 is 6.02. The molecule has 0 atom stereocenters. The van der Waals surface area contributed by atoms with E-state index in [9.17, 15) is 9.18 Å². The van der Waals surface area contributed by atoms with Gasteiger partial charge in [0, 0.05) is 38.4 Å². The van der Waals surface area contributed by atoms with E-state index in [4.69, 9.17) is 11.6 Å². The summed E-state index contributed by atoms with van der Waals surface area (Å²) in [5, 5.41) is 4.49. The number of aromatic nitrogens is 4. The number of halogens is 2. The van der Waals surface area contributed by atoms with Crippen molar-refractivity contribution in [2.75, 3.05) is 31.1 Å². The van der Waals surface area contributed by atoms with Crippen molar-refractivity contribution in [3.8, 4) is 5.82 Å². The van der Waals surface area contributed by atoms with Crippen LogP contribution in [-0.4, -0.2) is 56.7 Å². The Labute approximate surface area is 166 Å². The summed E-state index contributed by atoms with van der Waals surface area (Å²) in [6.45, 7) is 4.21. The fraction of sp³-hybridized carbons (Fsp3) is 0.263. The topological polar surface area (TPSA) is 67.2 Å². The summed E-state index contributed by atoms with van der Waals surface area (Å²) in [5.74, 6) is 0.818. The van der Waals surface area contributed by atoms with Crippen LogP contribution < -0.4 is 4.90 Å². The van der Waals surface area contributed by atoms with Crippen molar-refractivity contribution in [3.63, 3.8) is 0 Å². The molecule has 7 nitrogen and oxygen atoms in total. The van der Waals surface area contributed by atoms with Gasteiger partial charge >= 0.3 is 0 Å². The number of piperazine rings is 1. The molecule has 0 radical (unpaired) electrons. The molecule has 0 unspecified atom stereocenters. The molecule has 3 heterocycles. The third kappa shape index (κ3) is 3.68. The number of carbonyl (C=O) groups is 1. The first-order valence-corrected chi connectivity index (χ1v) is 9.23. The molecule has 9 heteroatoms. The van der Waals surface area contributed by atoms with Crippen LogP contribution in [0.4, 0.5) is 10.2 Å². The van der Waals surface area contributed by atoms with E-state index in [-0.39, 0.29) is 10.9 Å². The van der Waals surface area contributed by atoms with Gasteiger partial charge in [-0.25, -0.2) is 19.0 Å². The van der Waals surface area contributed by atoms with Crippen LogP contribution in [0.15, 0.2) is 42.9 Å². The van der Waals surface area contributed by atoms with Gasteiger partial charge in [-0.3, -0.25) is 4.79 Å². The largest absolute Gasteiger partial charge is 0.353 e. The molecule has 28 heavy (non-hydrogen) atoms. The summed E-state index contributed by atoms with van der Waals surface area (Å²) in [6.07, 6.45) is 3.36. The Morgan fingerprint density at radius 3 is 2.50 bits per heavy atom. The second-order valence-corrected chi connectivity index (χ2v) is 6.95. The Bertz CT molecular complexity index is 1020. The molecule has 3 aromatic rings. The third-order valence-corrected chi connectivity index (χ3v) is 4.96. The number of hydrogen-bond acceptors (Lipinski definition) is 5. The van der Waals surface area contributed by atoms with Crippen LogP contribution in [0.2, 0.25) is 5.02 Å². The zero-order valence-corrected chi connectivity index (χ0v) is 16.0. The predicted octanol–water partition coefficient (Wildman–Crippen LogP) is 2.73. The zero-order chi connectivity index (χ0) is 19.7. The van der Waals surface area contributed by atoms with Crippen LogP contribution in [0.1, 0.15) is 16.1 Å². The average molecular weight is 401 g/mol. The molecular weight excluding hydrogens is 383 g/mol. The Balaban J connectivity index is 1.45. The molecule has 1 amide bonds. The molecule has 1 saturated heterocycles. The first kappa shape index (κ1) is 18.4. The van der Waals surface area contributed by atoms with Crippen molar-refractivity contribution in [2.45, 2.75) is 6.92 Å². The van der Waals surface area contributed by atoms with Gasteiger partial charge in [0.2, 0.25) is 0 Å². The highest BCUT2D eigenvalue weighted by molar-refractivity contribution is 6.33. The molecule has 0 spiro atoms. The van der Waals surface area contributed by atoms with E-state index < -0.39 is 5.82 Å². The van der Waals surface area contributed by atoms with Gasteiger partial charge in [-0.15, -0.1) is 0 Å². The first-order valence-electron chi connectivity index (χ1n) is 8.85. The second-order valence-electron chi connectivity index (χ2n) is 6.54. The molecule has 0 saturated carbocycles. The SMILES string of the molecule is Cc1ccn(-c2cc(N3CCN(C(=O)c4ccc(F)cc4Cl)CC3)ncn2)n1. The molecule has 1 aromatic carbocycles. The average Bonchev–Trinajstić information content (AvgIpc) is 3.14. The van der Waals surface area contributed by atoms with Gasteiger partial charge in [0.15, 0.2) is 5.82 Å². The summed E-state index contributed by atoms with van der Waals surface area (Å²) in [6, 6.07) is 7.61. The maximum Gasteiger partial charge on any atom is 0.255 e. The number of rotatable bonds is 3. The van der Waals surface area contributed by atoms with Gasteiger partial charge in [-0.2, -0.15) is 5.10 Å². The summed E-state index contributed by atoms with van der Waals surface area (Å²) in [4.78, 5) is 25.1. The minimum atomic E-state index is -0.460. The zero-order valence-electron chi connectivity index (χ0n) is 15.2. The lowest BCUT2D eigenvalue weighted by atomic mass is 10.1. The highest BCUT2D eigenvalue weighted by Crippen LogP contribution is 2.21. The lowest BCUT2D eigenvalue weighted by molar-refractivity contribution is 0.0746. The quantitative estimate of drug-likeness (QED) is 0.676. The van der Waals surface area contributed by atoms with Crippen LogP contribution in [0.5, 0.6) is 0 Å². The van der Waals surface area contributed by atoms with E-state index in [2.05, 4.69) is 20.0 Å². The summed E-state index contributed by atoms with van der Waals surface area (Å²) in [7, 11) is 0. The molecule has 2 aromatic heterocycles. The lowest BCUT2D eigenvalue weighted by Crippen LogP contribution is -2.49. The Morgan fingerprint density at radius 1 is 1.07 bits per heavy atom. The molecule has 0 aliphatic carbocycles. The van der Waals surface area contributed by atoms with Gasteiger partial charge in [-0.05, 0) is 31.2 Å². The van der Waals surface area contributed by atoms with Gasteiger partial charge in [0.1, 0.15) is 18.0 Å². The van der Waals surface area contributed by atoms with Crippen molar-refractivity contribution in [2.24, 2.45) is 0 Å². The maximum absolute atomic E-state index is 13.2. The van der Waals surface area contributed by atoms with Crippen molar-refractivity contribution in [3.05, 3.63) is 65.0 Å². The Morgan fingerprint density at radius 2 is 1.82 bits per heavy atom. The molecule has 1 aliphatic rings. The van der Waals surface area contributed by atoms with Crippen LogP contribution in [-0.2, 0) is 0 Å². The molecule has 1 aliphatic heterocycles. The minimum Gasteiger partial charge on any atom is -0.353 e. The van der Waals surface area contributed by atoms with Gasteiger partial charge in [0.05, 0.1) is 16.3 Å². The normalized spacial score (nSPS) is 14.4. The van der Waals surface area contributed by atoms with Crippen molar-refractivity contribution < 1.29 is 9.18 Å². The van der Waals surface area contributed by atoms with Crippen molar-refractivity contribution in [1.29, 1.82) is 0 Å². The standard InChI is InChI=1S/C19H18ClFN6O/c1-13-4-5-27(24-13)18-11-17(22-12-23-18)25-6-8-26(9-7-25)19(28)15-3-2-14(21)10-16(15)20/h2-5,10-12H,6-9H2,1H3. The number of aryl methyl sites for hydroxylation is 1. The van der Waals surface area contributed by atoms with Crippen molar-refractivity contribution in [1.82, 2.24) is 24.6 Å². The van der Waals surface area contributed by atoms with E-state index in [1.54, 1.807) is 9.58 Å². The minimum absolute atomic E-state index is 0.127. The Kier molecular flexibility index (Phi) is 4.95. The monoisotopic (exact) mass is 400 g/mol. The first-order chi connectivity index (χ1) is 13.5. The highest BCUT2D eigenvalue weighted by atomic mass is 35.5. The van der Waals surface area contributed by atoms with Crippen molar-refractivity contribution >= 4 is 23.3 Å². The summed E-state index contributed by atoms with van der Waals surface area (Å²) in [5.41, 5.74) is 1.22. The van der Waals surface area contributed by atoms with Gasteiger partial charge < -0.3 is 9.80 Å². The number of hydrogen-bond donors (Lipinski definition) is 0. The van der Waals surface area contributed by atoms with E-state index >= 15 is 0 Å². The predicted molar refractivity (Wildman–Crippen MR) is 103 cm³/mol. The van der Waals surface area contributed by atoms with E-state index in [1.807, 2.05) is 25.3 Å². The maximum atomic E-state index is 13.2. The van der Waals surface area contributed by atoms with Gasteiger partial charge in [-0.1, -0.05) is 11.6 Å². The van der Waals surface area contributed by atoms with Crippen LogP contribution in [0.25, 0.3) is 5.82 Å². The number of benzene rings is 1.